The summed E-state index contributed by atoms with van der Waals surface area (Å²) in [5, 5.41) is 31.8. The largest absolute Gasteiger partial charge is 0.493 e. The predicted molar refractivity (Wildman–Crippen MR) is 88.2 cm³/mol. The molecule has 122 valence electrons. The fourth-order valence-electron chi connectivity index (χ4n) is 1.99. The Morgan fingerprint density at radius 1 is 1.61 bits per heavy atom. The Morgan fingerprint density at radius 2 is 2.35 bits per heavy atom. The monoisotopic (exact) mass is 337 g/mol. The number of nitro groups is 1. The number of aromatic amines is 1. The number of non-ortho nitro benzene ring substituents is 1. The van der Waals surface area contributed by atoms with Gasteiger partial charge in [0.1, 0.15) is 0 Å². The van der Waals surface area contributed by atoms with Gasteiger partial charge in [-0.05, 0) is 25.2 Å². The number of hydrogen-bond donors (Lipinski definition) is 3. The van der Waals surface area contributed by atoms with Crippen LogP contribution in [0.2, 0.25) is 0 Å². The molecule has 0 saturated heterocycles. The summed E-state index contributed by atoms with van der Waals surface area (Å²) < 4.78 is 4.96. The van der Waals surface area contributed by atoms with E-state index in [0.717, 1.165) is 0 Å². The minimum absolute atomic E-state index is 0.0518. The van der Waals surface area contributed by atoms with E-state index >= 15 is 0 Å². The fraction of sp³-hybridized carbons (Fsp3) is 0.308. The Labute approximate surface area is 136 Å². The third-order valence-electron chi connectivity index (χ3n) is 2.97. The van der Waals surface area contributed by atoms with Crippen LogP contribution in [0.15, 0.2) is 28.4 Å². The molecule has 0 spiro atoms. The number of rotatable bonds is 5. The molecule has 9 nitrogen and oxygen atoms in total. The number of aromatic nitrogens is 1. The Hall–Kier alpha value is -2.59. The molecule has 0 unspecified atom stereocenters. The highest BCUT2D eigenvalue weighted by Gasteiger charge is 2.15. The molecular formula is C13H15N5O4S. The molecule has 0 aliphatic heterocycles. The molecule has 0 fully saturated rings. The first-order valence-corrected chi connectivity index (χ1v) is 7.03. The van der Waals surface area contributed by atoms with Crippen LogP contribution in [0.1, 0.15) is 6.92 Å². The molecule has 2 rings (SSSR count). The van der Waals surface area contributed by atoms with E-state index in [1.54, 1.807) is 7.11 Å². The van der Waals surface area contributed by atoms with Crippen LogP contribution in [0.25, 0.3) is 10.9 Å². The van der Waals surface area contributed by atoms with Crippen molar-refractivity contribution in [2.75, 3.05) is 13.7 Å². The SMILES string of the molecule is COC[C@@H](C)NC(=S)N=Nc1c(O)[nH]c2ccc([N+](=O)[O-])cc12. The Kier molecular flexibility index (Phi) is 5.19. The maximum absolute atomic E-state index is 10.8. The van der Waals surface area contributed by atoms with E-state index < -0.39 is 4.92 Å². The normalized spacial score (nSPS) is 12.6. The van der Waals surface area contributed by atoms with Gasteiger partial charge in [0.05, 0.1) is 17.0 Å². The minimum Gasteiger partial charge on any atom is -0.493 e. The van der Waals surface area contributed by atoms with Gasteiger partial charge in [-0.2, -0.15) is 0 Å². The smallest absolute Gasteiger partial charge is 0.270 e. The molecule has 0 bridgehead atoms. The van der Waals surface area contributed by atoms with E-state index in [1.165, 1.54) is 18.2 Å². The van der Waals surface area contributed by atoms with Crippen molar-refractivity contribution in [3.63, 3.8) is 0 Å². The van der Waals surface area contributed by atoms with E-state index in [-0.39, 0.29) is 28.4 Å². The van der Waals surface area contributed by atoms with Crippen LogP contribution in [0, 0.1) is 10.1 Å². The second-order valence-electron chi connectivity index (χ2n) is 4.82. The van der Waals surface area contributed by atoms with Crippen LogP contribution in [-0.4, -0.2) is 39.9 Å². The van der Waals surface area contributed by atoms with Crippen molar-refractivity contribution in [1.29, 1.82) is 0 Å². The summed E-state index contributed by atoms with van der Waals surface area (Å²) in [6, 6.07) is 4.08. The van der Waals surface area contributed by atoms with Gasteiger partial charge >= 0.3 is 0 Å². The minimum atomic E-state index is -0.525. The maximum Gasteiger partial charge on any atom is 0.270 e. The van der Waals surface area contributed by atoms with Crippen LogP contribution in [0.3, 0.4) is 0 Å². The average Bonchev–Trinajstić information content (AvgIpc) is 2.79. The Bertz CT molecular complexity index is 773. The number of nitrogens with one attached hydrogen (secondary N) is 2. The number of fused-ring (bicyclic) bond motifs is 1. The number of aromatic hydroxyl groups is 1. The summed E-state index contributed by atoms with van der Waals surface area (Å²) >= 11 is 5.02. The zero-order valence-corrected chi connectivity index (χ0v) is 13.3. The first kappa shape index (κ1) is 16.8. The summed E-state index contributed by atoms with van der Waals surface area (Å²) in [6.07, 6.45) is 0. The van der Waals surface area contributed by atoms with Crippen LogP contribution in [-0.2, 0) is 4.74 Å². The fourth-order valence-corrected chi connectivity index (χ4v) is 2.24. The average molecular weight is 337 g/mol. The van der Waals surface area contributed by atoms with Crippen molar-refractivity contribution in [3.05, 3.63) is 28.3 Å². The van der Waals surface area contributed by atoms with Gasteiger partial charge in [0.2, 0.25) is 11.0 Å². The second-order valence-corrected chi connectivity index (χ2v) is 5.20. The summed E-state index contributed by atoms with van der Waals surface area (Å²) in [5.74, 6) is -0.239. The van der Waals surface area contributed by atoms with E-state index in [0.29, 0.717) is 17.5 Å². The molecule has 0 radical (unpaired) electrons. The number of methoxy groups -OCH3 is 1. The molecule has 0 amide bonds. The number of nitrogens with zero attached hydrogens (tertiary/aromatic N) is 3. The lowest BCUT2D eigenvalue weighted by Crippen LogP contribution is -2.33. The molecule has 0 aliphatic rings. The van der Waals surface area contributed by atoms with Gasteiger partial charge in [0.25, 0.3) is 5.69 Å². The molecule has 2 aromatic rings. The van der Waals surface area contributed by atoms with Gasteiger partial charge in [-0.15, -0.1) is 10.2 Å². The van der Waals surface area contributed by atoms with Crippen LogP contribution < -0.4 is 5.32 Å². The quantitative estimate of drug-likeness (QED) is 0.333. The summed E-state index contributed by atoms with van der Waals surface area (Å²) in [4.78, 5) is 13.0. The van der Waals surface area contributed by atoms with Gasteiger partial charge in [0, 0.05) is 30.7 Å². The molecule has 0 aliphatic carbocycles. The van der Waals surface area contributed by atoms with Gasteiger partial charge in [-0.1, -0.05) is 0 Å². The second kappa shape index (κ2) is 7.11. The van der Waals surface area contributed by atoms with E-state index in [4.69, 9.17) is 17.0 Å². The number of H-pyrrole nitrogens is 1. The number of benzene rings is 1. The molecule has 1 heterocycles. The van der Waals surface area contributed by atoms with Crippen LogP contribution in [0.5, 0.6) is 5.88 Å². The Morgan fingerprint density at radius 3 is 3.00 bits per heavy atom. The molecule has 3 N–H and O–H groups in total. The first-order chi connectivity index (χ1) is 10.9. The predicted octanol–water partition coefficient (Wildman–Crippen LogP) is 2.77. The lowest BCUT2D eigenvalue weighted by atomic mass is 10.2. The van der Waals surface area contributed by atoms with Crippen molar-refractivity contribution in [2.45, 2.75) is 13.0 Å². The summed E-state index contributed by atoms with van der Waals surface area (Å²) in [5.41, 5.74) is 0.489. The third-order valence-corrected chi connectivity index (χ3v) is 3.17. The summed E-state index contributed by atoms with van der Waals surface area (Å²) in [7, 11) is 1.57. The molecule has 1 aromatic heterocycles. The van der Waals surface area contributed by atoms with Crippen LogP contribution in [0.4, 0.5) is 11.4 Å². The molecule has 10 heteroatoms. The molecule has 1 atom stereocenters. The number of thiocarbonyl (C=S) groups is 1. The molecule has 23 heavy (non-hydrogen) atoms. The zero-order chi connectivity index (χ0) is 17.0. The lowest BCUT2D eigenvalue weighted by Gasteiger charge is -2.11. The van der Waals surface area contributed by atoms with Gasteiger partial charge in [0.15, 0.2) is 5.69 Å². The standard InChI is InChI=1S/C13H15N5O4S/c1-7(6-22-2)14-13(23)17-16-11-9-5-8(18(20)21)3-4-10(9)15-12(11)19/h3-5,7,15,19H,6H2,1-2H3,(H,14,23)/t7-/m1/s1. The topological polar surface area (TPSA) is 125 Å². The van der Waals surface area contributed by atoms with Crippen LogP contribution >= 0.6 is 12.2 Å². The lowest BCUT2D eigenvalue weighted by molar-refractivity contribution is -0.384. The zero-order valence-electron chi connectivity index (χ0n) is 12.4. The number of hydrogen-bond acceptors (Lipinski definition) is 6. The van der Waals surface area contributed by atoms with Gasteiger partial charge in [-0.25, -0.2) is 0 Å². The third kappa shape index (κ3) is 3.99. The summed E-state index contributed by atoms with van der Waals surface area (Å²) in [6.45, 7) is 2.30. The molecular weight excluding hydrogens is 322 g/mol. The maximum atomic E-state index is 10.8. The van der Waals surface area contributed by atoms with Crippen molar-refractivity contribution in [3.8, 4) is 5.88 Å². The van der Waals surface area contributed by atoms with Gasteiger partial charge < -0.3 is 20.1 Å². The van der Waals surface area contributed by atoms with Crippen molar-refractivity contribution >= 4 is 39.6 Å². The van der Waals surface area contributed by atoms with E-state index in [2.05, 4.69) is 20.5 Å². The number of azo groups is 1. The highest BCUT2D eigenvalue weighted by atomic mass is 32.1. The molecule has 0 saturated carbocycles. The highest BCUT2D eigenvalue weighted by Crippen LogP contribution is 2.37. The number of ether oxygens (including phenoxy) is 1. The van der Waals surface area contributed by atoms with Gasteiger partial charge in [-0.3, -0.25) is 10.1 Å². The van der Waals surface area contributed by atoms with Crippen molar-refractivity contribution in [1.82, 2.24) is 10.3 Å². The first-order valence-electron chi connectivity index (χ1n) is 6.62. The van der Waals surface area contributed by atoms with Crippen molar-refractivity contribution in [2.24, 2.45) is 10.2 Å². The Balaban J connectivity index is 2.26. The highest BCUT2D eigenvalue weighted by molar-refractivity contribution is 7.80. The molecule has 1 aromatic carbocycles. The van der Waals surface area contributed by atoms with E-state index in [1.807, 2.05) is 6.92 Å². The number of nitro benzene ring substituents is 1. The van der Waals surface area contributed by atoms with E-state index in [9.17, 15) is 15.2 Å². The van der Waals surface area contributed by atoms with Crippen molar-refractivity contribution < 1.29 is 14.8 Å².